The van der Waals surface area contributed by atoms with E-state index in [1.165, 1.54) is 7.11 Å². The first-order valence-corrected chi connectivity index (χ1v) is 20.5. The molecule has 1 aliphatic rings. The Bertz CT molecular complexity index is 1480. The first-order valence-electron chi connectivity index (χ1n) is 14.4. The summed E-state index contributed by atoms with van der Waals surface area (Å²) in [5.74, 6) is -1.43. The normalized spacial score (nSPS) is 18.0. The highest BCUT2D eigenvalue weighted by Crippen LogP contribution is 2.50. The molecule has 0 radical (unpaired) electrons. The van der Waals surface area contributed by atoms with Crippen molar-refractivity contribution < 1.29 is 23.5 Å². The van der Waals surface area contributed by atoms with Crippen molar-refractivity contribution >= 4 is 60.0 Å². The number of esters is 1. The summed E-state index contributed by atoms with van der Waals surface area (Å²) in [6.45, 7) is 12.0. The van der Waals surface area contributed by atoms with Crippen LogP contribution < -0.4 is 10.6 Å². The molecule has 6 nitrogen and oxygen atoms in total. The summed E-state index contributed by atoms with van der Waals surface area (Å²) >= 11 is 1.07. The summed E-state index contributed by atoms with van der Waals surface area (Å²) < 4.78 is 12.1. The van der Waals surface area contributed by atoms with E-state index >= 15 is 0 Å². The second-order valence-corrected chi connectivity index (χ2v) is 21.8. The summed E-state index contributed by atoms with van der Waals surface area (Å²) in [4.78, 5) is 43.4. The van der Waals surface area contributed by atoms with E-state index in [9.17, 15) is 14.4 Å². The zero-order chi connectivity index (χ0) is 31.6. The lowest BCUT2D eigenvalue weighted by Crippen LogP contribution is -2.68. The molecular weight excluding hydrogens is 594 g/mol. The van der Waals surface area contributed by atoms with Crippen LogP contribution in [0, 0.1) is 5.92 Å². The van der Waals surface area contributed by atoms with E-state index in [4.69, 9.17) is 9.16 Å². The molecule has 9 heteroatoms. The Hall–Kier alpha value is -2.90. The molecule has 0 bridgehead atoms. The highest BCUT2D eigenvalue weighted by Gasteiger charge is 2.57. The SMILES string of the molecule is COC(=O)C(N1C(=O)[C@H]([C@@H](C)O[Si](C)(C)C(C)(C)C)[C@H]1SC(=O)c1ccccc1)=P(C)(c1ccccc1)c1ccccc1. The van der Waals surface area contributed by atoms with Crippen LogP contribution in [0.1, 0.15) is 38.1 Å². The fourth-order valence-corrected chi connectivity index (χ4v) is 11.4. The third-order valence-electron chi connectivity index (χ3n) is 8.68. The molecule has 0 saturated carbocycles. The lowest BCUT2D eigenvalue weighted by Gasteiger charge is -2.51. The predicted octanol–water partition coefficient (Wildman–Crippen LogP) is 6.36. The van der Waals surface area contributed by atoms with Crippen molar-refractivity contribution in [3.05, 3.63) is 96.6 Å². The second-order valence-electron chi connectivity index (χ2n) is 12.5. The molecule has 3 aromatic carbocycles. The van der Waals surface area contributed by atoms with Gasteiger partial charge in [-0.25, -0.2) is 4.79 Å². The van der Waals surface area contributed by atoms with E-state index in [1.807, 2.05) is 92.5 Å². The van der Waals surface area contributed by atoms with Gasteiger partial charge in [-0.1, -0.05) is 124 Å². The van der Waals surface area contributed by atoms with Crippen LogP contribution in [-0.2, 0) is 18.8 Å². The van der Waals surface area contributed by atoms with Gasteiger partial charge in [0.15, 0.2) is 8.32 Å². The highest BCUT2D eigenvalue weighted by molar-refractivity contribution is 8.14. The summed E-state index contributed by atoms with van der Waals surface area (Å²) in [6, 6.07) is 28.6. The number of hydrogen-bond donors (Lipinski definition) is 0. The van der Waals surface area contributed by atoms with Crippen molar-refractivity contribution in [3.8, 4) is 0 Å². The number of amides is 1. The van der Waals surface area contributed by atoms with Crippen LogP contribution in [0.25, 0.3) is 0 Å². The van der Waals surface area contributed by atoms with Gasteiger partial charge in [0.05, 0.1) is 19.1 Å². The van der Waals surface area contributed by atoms with Crippen molar-refractivity contribution in [2.75, 3.05) is 13.8 Å². The first kappa shape index (κ1) is 33.0. The van der Waals surface area contributed by atoms with Gasteiger partial charge in [0.2, 0.25) is 11.0 Å². The van der Waals surface area contributed by atoms with Crippen molar-refractivity contribution in [2.45, 2.75) is 57.3 Å². The van der Waals surface area contributed by atoms with Gasteiger partial charge in [0, 0.05) is 5.56 Å². The van der Waals surface area contributed by atoms with Gasteiger partial charge < -0.3 is 9.16 Å². The molecule has 0 spiro atoms. The van der Waals surface area contributed by atoms with E-state index in [0.29, 0.717) is 5.56 Å². The van der Waals surface area contributed by atoms with Crippen LogP contribution in [0.3, 0.4) is 0 Å². The molecule has 228 valence electrons. The monoisotopic (exact) mass is 635 g/mol. The number of carbonyl (C=O) groups excluding carboxylic acids is 3. The van der Waals surface area contributed by atoms with Crippen molar-refractivity contribution in [2.24, 2.45) is 5.92 Å². The Labute approximate surface area is 261 Å². The maximum absolute atomic E-state index is 14.4. The number of thioether (sulfide) groups is 1. The third kappa shape index (κ3) is 6.48. The van der Waals surface area contributed by atoms with E-state index in [0.717, 1.165) is 22.4 Å². The Kier molecular flexibility index (Phi) is 9.97. The molecule has 1 aliphatic heterocycles. The molecule has 0 aliphatic carbocycles. The van der Waals surface area contributed by atoms with Gasteiger partial charge in [0.25, 0.3) is 0 Å². The quantitative estimate of drug-likeness (QED) is 0.118. The maximum atomic E-state index is 14.4. The number of hydrogen-bond acceptors (Lipinski definition) is 6. The minimum Gasteiger partial charge on any atom is -0.464 e. The predicted molar refractivity (Wildman–Crippen MR) is 182 cm³/mol. The van der Waals surface area contributed by atoms with Gasteiger partial charge in [0.1, 0.15) is 10.8 Å². The van der Waals surface area contributed by atoms with Crippen LogP contribution in [0.4, 0.5) is 0 Å². The summed E-state index contributed by atoms with van der Waals surface area (Å²) in [6.07, 6.45) is -0.456. The zero-order valence-corrected chi connectivity index (χ0v) is 28.9. The molecule has 3 atom stereocenters. The number of carbonyl (C=O) groups is 3. The van der Waals surface area contributed by atoms with Crippen LogP contribution in [0.5, 0.6) is 0 Å². The Morgan fingerprint density at radius 3 is 1.79 bits per heavy atom. The molecular formula is C34H42NO5PSSi. The Morgan fingerprint density at radius 1 is 0.884 bits per heavy atom. The van der Waals surface area contributed by atoms with Crippen LogP contribution in [-0.4, -0.2) is 60.9 Å². The third-order valence-corrected chi connectivity index (χ3v) is 18.4. The molecule has 1 fully saturated rings. The second kappa shape index (κ2) is 13.0. The van der Waals surface area contributed by atoms with Crippen molar-refractivity contribution in [3.63, 3.8) is 0 Å². The lowest BCUT2D eigenvalue weighted by molar-refractivity contribution is -0.151. The standard InChI is InChI=1S/C34H42NO5PSSi/c1-24(40-43(7,8)34(2,3)4)28-29(36)35(31(28)42-33(38)25-18-12-9-13-19-25)30(32(37)39-5)41(6,26-20-14-10-15-21-26)27-22-16-11-17-23-27/h9-24,28,31H,1-8H3/t24-,28+,31-/m1/s1. The molecule has 0 unspecified atom stereocenters. The van der Waals surface area contributed by atoms with Crippen LogP contribution in [0.2, 0.25) is 18.1 Å². The largest absolute Gasteiger partial charge is 0.464 e. The van der Waals surface area contributed by atoms with Gasteiger partial charge in [-0.3, -0.25) is 14.5 Å². The number of methoxy groups -OCH3 is 1. The molecule has 4 rings (SSSR count). The minimum atomic E-state index is -2.70. The van der Waals surface area contributed by atoms with Gasteiger partial charge in [-0.05, 0) is 49.2 Å². The fraction of sp³-hybridized carbons (Fsp3) is 0.353. The van der Waals surface area contributed by atoms with Gasteiger partial charge in [-0.2, -0.15) is 0 Å². The minimum absolute atomic E-state index is 0.0652. The summed E-state index contributed by atoms with van der Waals surface area (Å²) in [5.41, 5.74) is 0.818. The molecule has 43 heavy (non-hydrogen) atoms. The van der Waals surface area contributed by atoms with E-state index in [1.54, 1.807) is 17.0 Å². The average molecular weight is 636 g/mol. The van der Waals surface area contributed by atoms with E-state index < -0.39 is 38.6 Å². The van der Waals surface area contributed by atoms with Crippen molar-refractivity contribution in [1.82, 2.24) is 4.90 Å². The summed E-state index contributed by atoms with van der Waals surface area (Å²) in [5, 5.41) is 0.977. The number of β-lactam (4-membered cyclic amide) rings is 1. The first-order chi connectivity index (χ1) is 20.2. The number of rotatable bonds is 9. The van der Waals surface area contributed by atoms with Crippen LogP contribution >= 0.6 is 18.6 Å². The fourth-order valence-electron chi connectivity index (χ4n) is 5.17. The number of nitrogens with zero attached hydrogens (tertiary/aromatic N) is 1. The summed E-state index contributed by atoms with van der Waals surface area (Å²) in [7, 11) is -0.914. The highest BCUT2D eigenvalue weighted by atomic mass is 32.2. The van der Waals surface area contributed by atoms with Gasteiger partial charge >= 0.3 is 5.97 Å². The number of ether oxygens (including phenoxy) is 1. The molecule has 0 aromatic heterocycles. The smallest absolute Gasteiger partial charge is 0.355 e. The van der Waals surface area contributed by atoms with Crippen LogP contribution in [0.15, 0.2) is 91.0 Å². The topological polar surface area (TPSA) is 72.9 Å². The van der Waals surface area contributed by atoms with E-state index in [2.05, 4.69) is 33.9 Å². The Balaban J connectivity index is 1.92. The molecule has 3 aromatic rings. The van der Waals surface area contributed by atoms with Gasteiger partial charge in [-0.15, -0.1) is 0 Å². The number of benzene rings is 3. The lowest BCUT2D eigenvalue weighted by atomic mass is 9.93. The maximum Gasteiger partial charge on any atom is 0.355 e. The molecule has 1 amide bonds. The van der Waals surface area contributed by atoms with E-state index in [-0.39, 0.29) is 21.5 Å². The zero-order valence-electron chi connectivity index (χ0n) is 26.2. The molecule has 0 N–H and O–H groups in total. The number of likely N-dealkylation sites (tertiary alicyclic amines) is 1. The average Bonchev–Trinajstić information content (AvgIpc) is 2.99. The Morgan fingerprint density at radius 2 is 1.35 bits per heavy atom. The molecule has 1 saturated heterocycles. The van der Waals surface area contributed by atoms with Crippen molar-refractivity contribution in [1.29, 1.82) is 0 Å². The molecule has 1 heterocycles.